The monoisotopic (exact) mass is 271 g/mol. The van der Waals surface area contributed by atoms with Crippen LogP contribution in [0.2, 0.25) is 0 Å². The summed E-state index contributed by atoms with van der Waals surface area (Å²) in [5.41, 5.74) is 0.110. The molecule has 98 valence electrons. The van der Waals surface area contributed by atoms with Crippen LogP contribution in [-0.2, 0) is 6.18 Å². The molecule has 0 spiro atoms. The Morgan fingerprint density at radius 1 is 1.37 bits per heavy atom. The molecule has 0 aliphatic rings. The van der Waals surface area contributed by atoms with Gasteiger partial charge in [-0.3, -0.25) is 0 Å². The molecule has 0 atom stereocenters. The number of alkyl halides is 3. The summed E-state index contributed by atoms with van der Waals surface area (Å²) in [6.45, 7) is 0. The van der Waals surface area contributed by atoms with Crippen molar-refractivity contribution in [3.05, 3.63) is 29.6 Å². The van der Waals surface area contributed by atoms with E-state index in [2.05, 4.69) is 15.5 Å². The first-order valence-electron chi connectivity index (χ1n) is 4.91. The molecule has 0 saturated carbocycles. The van der Waals surface area contributed by atoms with Gasteiger partial charge in [0.25, 0.3) is 5.82 Å². The predicted octanol–water partition coefficient (Wildman–Crippen LogP) is 1.56. The van der Waals surface area contributed by atoms with E-state index in [9.17, 15) is 13.2 Å². The molecule has 2 rings (SSSR count). The van der Waals surface area contributed by atoms with Crippen molar-refractivity contribution in [1.29, 1.82) is 5.26 Å². The Morgan fingerprint density at radius 3 is 2.68 bits per heavy atom. The molecule has 6 nitrogen and oxygen atoms in total. The Bertz CT molecular complexity index is 643. The van der Waals surface area contributed by atoms with Gasteiger partial charge in [0, 0.05) is 0 Å². The minimum Gasteiger partial charge on any atom is -0.495 e. The molecule has 0 aliphatic heterocycles. The van der Waals surface area contributed by atoms with E-state index in [1.807, 2.05) is 6.07 Å². The number of benzene rings is 1. The molecule has 0 fully saturated rings. The summed E-state index contributed by atoms with van der Waals surface area (Å²) in [6.07, 6.45) is -4.68. The molecule has 0 amide bonds. The molecule has 9 heteroatoms. The molecule has 1 aromatic heterocycles. The fraction of sp³-hybridized carbons (Fsp3) is 0.200. The fourth-order valence-corrected chi connectivity index (χ4v) is 1.45. The van der Waals surface area contributed by atoms with Crippen LogP contribution in [0.15, 0.2) is 18.2 Å². The van der Waals surface area contributed by atoms with Gasteiger partial charge in [-0.2, -0.15) is 23.1 Å². The predicted molar refractivity (Wildman–Crippen MR) is 55.4 cm³/mol. The maximum absolute atomic E-state index is 12.6. The number of rotatable bonds is 2. The van der Waals surface area contributed by atoms with Crippen LogP contribution < -0.4 is 4.74 Å². The summed E-state index contributed by atoms with van der Waals surface area (Å²) in [6, 6.07) is 5.73. The molecule has 0 aliphatic carbocycles. The van der Waals surface area contributed by atoms with E-state index >= 15 is 0 Å². The number of nitriles is 1. The Labute approximate surface area is 105 Å². The normalized spacial score (nSPS) is 11.1. The summed E-state index contributed by atoms with van der Waals surface area (Å²) < 4.78 is 43.3. The quantitative estimate of drug-likeness (QED) is 0.828. The molecular formula is C10H6F3N5O. The maximum atomic E-state index is 12.6. The zero-order valence-electron chi connectivity index (χ0n) is 9.51. The van der Waals surface area contributed by atoms with Gasteiger partial charge in [0.1, 0.15) is 11.8 Å². The van der Waals surface area contributed by atoms with Gasteiger partial charge in [-0.05, 0) is 28.6 Å². The van der Waals surface area contributed by atoms with Crippen molar-refractivity contribution < 1.29 is 17.9 Å². The van der Waals surface area contributed by atoms with Gasteiger partial charge >= 0.3 is 6.18 Å². The molecule has 19 heavy (non-hydrogen) atoms. The van der Waals surface area contributed by atoms with Crippen LogP contribution in [0.4, 0.5) is 13.2 Å². The fourth-order valence-electron chi connectivity index (χ4n) is 1.45. The summed E-state index contributed by atoms with van der Waals surface area (Å²) in [5.74, 6) is -1.01. The van der Waals surface area contributed by atoms with Crippen LogP contribution >= 0.6 is 0 Å². The SMILES string of the molecule is COc1ccc(-n2nnnc2C(F)(F)F)cc1[14C]#N. The highest BCUT2D eigenvalue weighted by Crippen LogP contribution is 2.29. The lowest BCUT2D eigenvalue weighted by molar-refractivity contribution is -0.146. The van der Waals surface area contributed by atoms with E-state index in [1.54, 1.807) is 0 Å². The van der Waals surface area contributed by atoms with E-state index in [1.165, 1.54) is 25.3 Å². The van der Waals surface area contributed by atoms with Crippen molar-refractivity contribution in [3.63, 3.8) is 0 Å². The van der Waals surface area contributed by atoms with Crippen LogP contribution in [0.1, 0.15) is 11.4 Å². The number of halogens is 3. The molecule has 1 aromatic carbocycles. The number of tetrazole rings is 1. The first-order valence-corrected chi connectivity index (χ1v) is 4.91. The first kappa shape index (κ1) is 12.8. The number of hydrogen-bond donors (Lipinski definition) is 0. The lowest BCUT2D eigenvalue weighted by Crippen LogP contribution is -2.14. The van der Waals surface area contributed by atoms with Crippen molar-refractivity contribution in [2.45, 2.75) is 6.18 Å². The summed E-state index contributed by atoms with van der Waals surface area (Å²) in [7, 11) is 1.36. The van der Waals surface area contributed by atoms with Crippen molar-refractivity contribution in [2.24, 2.45) is 0 Å². The van der Waals surface area contributed by atoms with Gasteiger partial charge in [0.15, 0.2) is 0 Å². The number of methoxy groups -OCH3 is 1. The maximum Gasteiger partial charge on any atom is 0.453 e. The van der Waals surface area contributed by atoms with E-state index < -0.39 is 12.0 Å². The van der Waals surface area contributed by atoms with Crippen molar-refractivity contribution in [3.8, 4) is 17.5 Å². The van der Waals surface area contributed by atoms with Crippen LogP contribution in [-0.4, -0.2) is 27.3 Å². The minimum absolute atomic E-state index is 0.0228. The molecular weight excluding hydrogens is 265 g/mol. The van der Waals surface area contributed by atoms with Crippen LogP contribution in [0, 0.1) is 11.3 Å². The van der Waals surface area contributed by atoms with Gasteiger partial charge in [-0.1, -0.05) is 0 Å². The highest BCUT2D eigenvalue weighted by Gasteiger charge is 2.38. The third-order valence-corrected chi connectivity index (χ3v) is 2.27. The standard InChI is InChI=1S/C10H6F3N5O/c1-19-8-3-2-7(4-6(8)5-14)18-9(10(11,12)13)15-16-17-18/h2-4H,1H3/i5+2. The van der Waals surface area contributed by atoms with Gasteiger partial charge < -0.3 is 4.74 Å². The van der Waals surface area contributed by atoms with E-state index in [0.29, 0.717) is 4.68 Å². The second kappa shape index (κ2) is 4.56. The molecule has 0 radical (unpaired) electrons. The lowest BCUT2D eigenvalue weighted by atomic mass is 10.2. The molecule has 0 N–H and O–H groups in total. The van der Waals surface area contributed by atoms with Crippen molar-refractivity contribution in [1.82, 2.24) is 20.2 Å². The first-order chi connectivity index (χ1) is 8.97. The second-order valence-electron chi connectivity index (χ2n) is 3.41. The highest BCUT2D eigenvalue weighted by molar-refractivity contribution is 5.50. The average molecular weight is 271 g/mol. The lowest BCUT2D eigenvalue weighted by Gasteiger charge is -2.08. The van der Waals surface area contributed by atoms with Gasteiger partial charge in [-0.25, -0.2) is 0 Å². The van der Waals surface area contributed by atoms with Crippen LogP contribution in [0.25, 0.3) is 5.69 Å². The van der Waals surface area contributed by atoms with E-state index in [-0.39, 0.29) is 17.0 Å². The van der Waals surface area contributed by atoms with Crippen molar-refractivity contribution >= 4 is 0 Å². The molecule has 0 saturated heterocycles. The number of ether oxygens (including phenoxy) is 1. The van der Waals surface area contributed by atoms with Gasteiger partial charge in [-0.15, -0.1) is 5.10 Å². The highest BCUT2D eigenvalue weighted by atomic mass is 19.4. The number of hydrogen-bond acceptors (Lipinski definition) is 5. The Balaban J connectivity index is 2.55. The number of aromatic nitrogens is 4. The van der Waals surface area contributed by atoms with E-state index in [4.69, 9.17) is 10.00 Å². The third-order valence-electron chi connectivity index (χ3n) is 2.27. The molecule has 0 bridgehead atoms. The van der Waals surface area contributed by atoms with Crippen LogP contribution in [0.5, 0.6) is 5.75 Å². The van der Waals surface area contributed by atoms with Gasteiger partial charge in [0.2, 0.25) is 0 Å². The smallest absolute Gasteiger partial charge is 0.453 e. The van der Waals surface area contributed by atoms with E-state index in [0.717, 1.165) is 0 Å². The molecule has 2 aromatic rings. The van der Waals surface area contributed by atoms with Crippen LogP contribution in [0.3, 0.4) is 0 Å². The molecule has 0 unspecified atom stereocenters. The Hall–Kier alpha value is -2.63. The summed E-state index contributed by atoms with van der Waals surface area (Å²) >= 11 is 0. The largest absolute Gasteiger partial charge is 0.495 e. The second-order valence-corrected chi connectivity index (χ2v) is 3.41. The minimum atomic E-state index is -4.68. The van der Waals surface area contributed by atoms with Gasteiger partial charge in [0.05, 0.1) is 18.4 Å². The average Bonchev–Trinajstić information content (AvgIpc) is 2.87. The third kappa shape index (κ3) is 2.33. The van der Waals surface area contributed by atoms with Crippen molar-refractivity contribution in [2.75, 3.05) is 7.11 Å². The Morgan fingerprint density at radius 2 is 2.11 bits per heavy atom. The zero-order valence-corrected chi connectivity index (χ0v) is 9.51. The zero-order chi connectivity index (χ0) is 14.0. The Kier molecular flexibility index (Phi) is 3.08. The topological polar surface area (TPSA) is 76.6 Å². The summed E-state index contributed by atoms with van der Waals surface area (Å²) in [4.78, 5) is 0. The summed E-state index contributed by atoms with van der Waals surface area (Å²) in [5, 5.41) is 18.1. The number of nitrogens with zero attached hydrogens (tertiary/aromatic N) is 5. The molecule has 1 heterocycles.